The fourth-order valence-electron chi connectivity index (χ4n) is 3.22. The van der Waals surface area contributed by atoms with Crippen LogP contribution in [0.5, 0.6) is 0 Å². The monoisotopic (exact) mass is 415 g/mol. The predicted octanol–water partition coefficient (Wildman–Crippen LogP) is 5.84. The highest BCUT2D eigenvalue weighted by molar-refractivity contribution is 6.31. The number of carbonyl (C=O) groups is 1. The van der Waals surface area contributed by atoms with Gasteiger partial charge in [-0.2, -0.15) is 0 Å². The summed E-state index contributed by atoms with van der Waals surface area (Å²) in [5.41, 5.74) is 9.16. The van der Waals surface area contributed by atoms with Gasteiger partial charge in [-0.15, -0.1) is 0 Å². The minimum atomic E-state index is -0.580. The Morgan fingerprint density at radius 2 is 1.79 bits per heavy atom. The summed E-state index contributed by atoms with van der Waals surface area (Å²) in [4.78, 5) is 16.9. The van der Waals surface area contributed by atoms with Crippen molar-refractivity contribution >= 4 is 29.1 Å². The second kappa shape index (κ2) is 7.61. The quantitative estimate of drug-likeness (QED) is 0.581. The summed E-state index contributed by atoms with van der Waals surface area (Å²) in [6.45, 7) is 8.37. The van der Waals surface area contributed by atoms with Gasteiger partial charge in [0, 0.05) is 22.0 Å². The summed E-state index contributed by atoms with van der Waals surface area (Å²) < 4.78 is 1.98. The van der Waals surface area contributed by atoms with E-state index in [2.05, 4.69) is 25.8 Å². The van der Waals surface area contributed by atoms with Gasteiger partial charge in [-0.1, -0.05) is 62.2 Å². The van der Waals surface area contributed by atoms with Crippen LogP contribution in [0, 0.1) is 12.3 Å². The normalized spacial score (nSPS) is 11.6. The van der Waals surface area contributed by atoms with Gasteiger partial charge in [-0.05, 0) is 42.2 Å². The summed E-state index contributed by atoms with van der Waals surface area (Å²) in [7, 11) is 0. The molecule has 0 aliphatic heterocycles. The molecule has 146 valence electrons. The van der Waals surface area contributed by atoms with E-state index in [0.717, 1.165) is 22.6 Å². The lowest BCUT2D eigenvalue weighted by Gasteiger charge is -2.21. The highest BCUT2D eigenvalue weighted by atomic mass is 35.5. The van der Waals surface area contributed by atoms with Crippen LogP contribution in [-0.2, 0) is 6.42 Å². The summed E-state index contributed by atoms with van der Waals surface area (Å²) in [5.74, 6) is 0.171. The molecule has 4 nitrogen and oxygen atoms in total. The molecule has 0 aliphatic rings. The zero-order chi connectivity index (χ0) is 20.6. The van der Waals surface area contributed by atoms with Crippen LogP contribution >= 0.6 is 23.2 Å². The predicted molar refractivity (Wildman–Crippen MR) is 115 cm³/mol. The molecule has 1 heterocycles. The third-order valence-corrected chi connectivity index (χ3v) is 4.85. The van der Waals surface area contributed by atoms with Crippen molar-refractivity contribution in [1.82, 2.24) is 9.55 Å². The van der Waals surface area contributed by atoms with Crippen molar-refractivity contribution in [2.45, 2.75) is 34.1 Å². The number of carbonyl (C=O) groups excluding carboxylic acids is 1. The number of nitrogens with zero attached hydrogens (tertiary/aromatic N) is 2. The molecular formula is C22H23Cl2N3O. The molecule has 0 saturated heterocycles. The first-order chi connectivity index (χ1) is 13.1. The third-order valence-electron chi connectivity index (χ3n) is 4.38. The van der Waals surface area contributed by atoms with E-state index in [1.54, 1.807) is 6.07 Å². The number of hydrogen-bond donors (Lipinski definition) is 1. The number of amides is 1. The lowest BCUT2D eigenvalue weighted by atomic mass is 9.92. The van der Waals surface area contributed by atoms with Gasteiger partial charge in [0.25, 0.3) is 5.91 Å². The molecule has 0 radical (unpaired) electrons. The van der Waals surface area contributed by atoms with E-state index in [-0.39, 0.29) is 11.1 Å². The van der Waals surface area contributed by atoms with Gasteiger partial charge in [0.2, 0.25) is 0 Å². The molecule has 28 heavy (non-hydrogen) atoms. The van der Waals surface area contributed by atoms with E-state index in [9.17, 15) is 4.79 Å². The van der Waals surface area contributed by atoms with Gasteiger partial charge in [0.05, 0.1) is 11.4 Å². The van der Waals surface area contributed by atoms with Gasteiger partial charge >= 0.3 is 0 Å². The fourth-order valence-corrected chi connectivity index (χ4v) is 3.57. The highest BCUT2D eigenvalue weighted by Crippen LogP contribution is 2.34. The molecule has 1 aromatic heterocycles. The Kier molecular flexibility index (Phi) is 5.55. The number of nitrogens with two attached hydrogens (primary N) is 1. The SMILES string of the molecule is Cc1ccc(Cl)cc1-n1c(CC(C)(C)C)nc(C(N)=O)c1-c1cccc(Cl)c1. The first kappa shape index (κ1) is 20.4. The molecule has 0 atom stereocenters. The van der Waals surface area contributed by atoms with Crippen molar-refractivity contribution in [3.05, 3.63) is 69.6 Å². The molecule has 3 aromatic rings. The molecule has 2 aromatic carbocycles. The number of halogens is 2. The van der Waals surface area contributed by atoms with Crippen LogP contribution in [0.3, 0.4) is 0 Å². The van der Waals surface area contributed by atoms with E-state index in [0.29, 0.717) is 22.2 Å². The molecule has 0 fully saturated rings. The van der Waals surface area contributed by atoms with Gasteiger partial charge in [-0.25, -0.2) is 4.98 Å². The van der Waals surface area contributed by atoms with E-state index < -0.39 is 5.91 Å². The topological polar surface area (TPSA) is 60.9 Å². The van der Waals surface area contributed by atoms with Crippen LogP contribution in [0.25, 0.3) is 16.9 Å². The Labute approximate surface area is 175 Å². The minimum absolute atomic E-state index is 0.0455. The van der Waals surface area contributed by atoms with Crippen molar-refractivity contribution in [3.8, 4) is 16.9 Å². The summed E-state index contributed by atoms with van der Waals surface area (Å²) in [5, 5.41) is 1.18. The molecular weight excluding hydrogens is 393 g/mol. The van der Waals surface area contributed by atoms with Crippen molar-refractivity contribution in [3.63, 3.8) is 0 Å². The molecule has 0 aliphatic carbocycles. The zero-order valence-corrected chi connectivity index (χ0v) is 17.9. The number of hydrogen-bond acceptors (Lipinski definition) is 2. The Morgan fingerprint density at radius 1 is 1.11 bits per heavy atom. The smallest absolute Gasteiger partial charge is 0.269 e. The second-order valence-corrected chi connectivity index (χ2v) is 8.98. The summed E-state index contributed by atoms with van der Waals surface area (Å²) in [6, 6.07) is 13.0. The number of aromatic nitrogens is 2. The molecule has 0 saturated carbocycles. The third kappa shape index (κ3) is 4.23. The van der Waals surface area contributed by atoms with Crippen LogP contribution in [0.1, 0.15) is 42.6 Å². The minimum Gasteiger partial charge on any atom is -0.364 e. The van der Waals surface area contributed by atoms with Crippen LogP contribution in [-0.4, -0.2) is 15.5 Å². The Balaban J connectivity index is 2.42. The van der Waals surface area contributed by atoms with Crippen LogP contribution in [0.2, 0.25) is 10.0 Å². The van der Waals surface area contributed by atoms with Gasteiger partial charge < -0.3 is 5.73 Å². The zero-order valence-electron chi connectivity index (χ0n) is 16.4. The second-order valence-electron chi connectivity index (χ2n) is 8.10. The lowest BCUT2D eigenvalue weighted by molar-refractivity contribution is 0.0996. The molecule has 1 amide bonds. The number of aryl methyl sites for hydroxylation is 1. The molecule has 3 rings (SSSR count). The molecule has 0 bridgehead atoms. The van der Waals surface area contributed by atoms with Crippen molar-refractivity contribution in [2.75, 3.05) is 0 Å². The van der Waals surface area contributed by atoms with E-state index in [1.807, 2.05) is 47.9 Å². The first-order valence-electron chi connectivity index (χ1n) is 9.01. The largest absolute Gasteiger partial charge is 0.364 e. The Morgan fingerprint density at radius 3 is 2.39 bits per heavy atom. The molecule has 0 unspecified atom stereocenters. The Bertz CT molecular complexity index is 1050. The average molecular weight is 416 g/mol. The molecule has 2 N–H and O–H groups in total. The summed E-state index contributed by atoms with van der Waals surface area (Å²) >= 11 is 12.5. The number of imidazole rings is 1. The lowest BCUT2D eigenvalue weighted by Crippen LogP contribution is -2.14. The maximum absolute atomic E-state index is 12.3. The van der Waals surface area contributed by atoms with Crippen LogP contribution < -0.4 is 5.73 Å². The standard InChI is InChI=1S/C22H23Cl2N3O/c1-13-8-9-16(24)11-17(13)27-18(12-22(2,3)4)26-19(21(25)28)20(27)14-6-5-7-15(23)10-14/h5-11H,12H2,1-4H3,(H2,25,28). The van der Waals surface area contributed by atoms with E-state index >= 15 is 0 Å². The maximum Gasteiger partial charge on any atom is 0.269 e. The van der Waals surface area contributed by atoms with Crippen LogP contribution in [0.15, 0.2) is 42.5 Å². The van der Waals surface area contributed by atoms with Crippen LogP contribution in [0.4, 0.5) is 0 Å². The maximum atomic E-state index is 12.3. The van der Waals surface area contributed by atoms with E-state index in [4.69, 9.17) is 28.9 Å². The van der Waals surface area contributed by atoms with Crippen molar-refractivity contribution < 1.29 is 4.79 Å². The highest BCUT2D eigenvalue weighted by Gasteiger charge is 2.26. The van der Waals surface area contributed by atoms with Gasteiger partial charge in [0.1, 0.15) is 5.82 Å². The first-order valence-corrected chi connectivity index (χ1v) is 9.76. The number of benzene rings is 2. The fraction of sp³-hybridized carbons (Fsp3) is 0.273. The molecule has 0 spiro atoms. The van der Waals surface area contributed by atoms with Gasteiger partial charge in [0.15, 0.2) is 5.69 Å². The van der Waals surface area contributed by atoms with Crippen molar-refractivity contribution in [1.29, 1.82) is 0 Å². The molecule has 6 heteroatoms. The van der Waals surface area contributed by atoms with Gasteiger partial charge in [-0.3, -0.25) is 9.36 Å². The number of primary amides is 1. The van der Waals surface area contributed by atoms with Crippen molar-refractivity contribution in [2.24, 2.45) is 11.1 Å². The Hall–Kier alpha value is -2.30. The number of rotatable bonds is 4. The average Bonchev–Trinajstić information content (AvgIpc) is 2.94. The van der Waals surface area contributed by atoms with E-state index in [1.165, 1.54) is 0 Å². The summed E-state index contributed by atoms with van der Waals surface area (Å²) in [6.07, 6.45) is 0.653.